The van der Waals surface area contributed by atoms with Gasteiger partial charge in [-0.1, -0.05) is 177 Å². The minimum Gasteiger partial charge on any atom is -0.457 e. The highest BCUT2D eigenvalue weighted by atomic mass is 16.6. The van der Waals surface area contributed by atoms with Crippen molar-refractivity contribution in [3.8, 4) is 0 Å². The van der Waals surface area contributed by atoms with Gasteiger partial charge in [0.2, 0.25) is 0 Å². The van der Waals surface area contributed by atoms with Gasteiger partial charge in [0.1, 0.15) is 6.10 Å². The third kappa shape index (κ3) is 42.4. The Morgan fingerprint density at radius 3 is 1.27 bits per heavy atom. The van der Waals surface area contributed by atoms with Crippen LogP contribution in [0.15, 0.2) is 60.8 Å². The predicted molar refractivity (Wildman–Crippen MR) is 223 cm³/mol. The molecule has 0 fully saturated rings. The van der Waals surface area contributed by atoms with Crippen molar-refractivity contribution < 1.29 is 19.4 Å². The van der Waals surface area contributed by atoms with Crippen LogP contribution in [-0.4, -0.2) is 37.0 Å². The Balaban J connectivity index is 3.48. The maximum atomic E-state index is 12.2. The number of allylic oxidation sites excluding steroid dienone is 10. The van der Waals surface area contributed by atoms with Crippen molar-refractivity contribution in [2.45, 2.75) is 213 Å². The molecule has 0 aromatic heterocycles. The summed E-state index contributed by atoms with van der Waals surface area (Å²) in [5, 5.41) is 9.60. The lowest BCUT2D eigenvalue weighted by Crippen LogP contribution is -2.27. The van der Waals surface area contributed by atoms with E-state index in [0.29, 0.717) is 13.0 Å². The Labute approximate surface area is 317 Å². The van der Waals surface area contributed by atoms with Crippen LogP contribution in [0.1, 0.15) is 206 Å². The van der Waals surface area contributed by atoms with Gasteiger partial charge in [0, 0.05) is 13.0 Å². The predicted octanol–water partition coefficient (Wildman–Crippen LogP) is 14.4. The molecule has 0 aliphatic heterocycles. The fourth-order valence-corrected chi connectivity index (χ4v) is 6.01. The Morgan fingerprint density at radius 1 is 0.471 bits per heavy atom. The first-order chi connectivity index (χ1) is 25.2. The summed E-state index contributed by atoms with van der Waals surface area (Å²) in [6.07, 6.45) is 58.5. The van der Waals surface area contributed by atoms with Crippen LogP contribution in [0.25, 0.3) is 0 Å². The van der Waals surface area contributed by atoms with Gasteiger partial charge in [0.25, 0.3) is 0 Å². The number of rotatable bonds is 40. The van der Waals surface area contributed by atoms with Crippen LogP contribution in [0.4, 0.5) is 0 Å². The number of hydrogen-bond donors (Lipinski definition) is 1. The Kier molecular flexibility index (Phi) is 42.6. The van der Waals surface area contributed by atoms with Crippen LogP contribution in [0.3, 0.4) is 0 Å². The molecule has 1 unspecified atom stereocenters. The van der Waals surface area contributed by atoms with Crippen molar-refractivity contribution in [2.75, 3.05) is 19.8 Å². The third-order valence-corrected chi connectivity index (χ3v) is 9.32. The van der Waals surface area contributed by atoms with E-state index in [1.165, 1.54) is 141 Å². The molecule has 0 rings (SSSR count). The molecule has 296 valence electrons. The topological polar surface area (TPSA) is 55.8 Å². The van der Waals surface area contributed by atoms with Crippen LogP contribution in [-0.2, 0) is 14.3 Å². The molecule has 0 radical (unpaired) electrons. The summed E-state index contributed by atoms with van der Waals surface area (Å²) in [7, 11) is 0. The normalized spacial score (nSPS) is 12.9. The molecular weight excluding hydrogens is 629 g/mol. The molecule has 0 aliphatic carbocycles. The third-order valence-electron chi connectivity index (χ3n) is 9.32. The van der Waals surface area contributed by atoms with E-state index in [9.17, 15) is 9.90 Å². The minimum atomic E-state index is -0.546. The summed E-state index contributed by atoms with van der Waals surface area (Å²) in [6.45, 7) is 5.28. The summed E-state index contributed by atoms with van der Waals surface area (Å²) >= 11 is 0. The second-order valence-electron chi connectivity index (χ2n) is 14.4. The van der Waals surface area contributed by atoms with Gasteiger partial charge >= 0.3 is 5.97 Å². The molecule has 0 saturated carbocycles. The molecule has 0 amide bonds. The number of aliphatic hydroxyl groups is 1. The highest BCUT2D eigenvalue weighted by Crippen LogP contribution is 2.13. The zero-order chi connectivity index (χ0) is 37.0. The molecule has 0 aliphatic rings. The molecule has 4 heteroatoms. The van der Waals surface area contributed by atoms with Crippen LogP contribution >= 0.6 is 0 Å². The van der Waals surface area contributed by atoms with Crippen molar-refractivity contribution >= 4 is 5.97 Å². The van der Waals surface area contributed by atoms with Crippen molar-refractivity contribution in [2.24, 2.45) is 0 Å². The largest absolute Gasteiger partial charge is 0.457 e. The molecule has 51 heavy (non-hydrogen) atoms. The summed E-state index contributed by atoms with van der Waals surface area (Å²) in [5.41, 5.74) is 0. The van der Waals surface area contributed by atoms with Crippen molar-refractivity contribution in [1.82, 2.24) is 0 Å². The quantitative estimate of drug-likeness (QED) is 0.0390. The lowest BCUT2D eigenvalue weighted by molar-refractivity contribution is -0.154. The first-order valence-corrected chi connectivity index (χ1v) is 21.9. The molecule has 0 saturated heterocycles. The number of aliphatic hydroxyl groups excluding tert-OH is 1. The fourth-order valence-electron chi connectivity index (χ4n) is 6.01. The van der Waals surface area contributed by atoms with Crippen LogP contribution in [0.2, 0.25) is 0 Å². The van der Waals surface area contributed by atoms with E-state index >= 15 is 0 Å². The van der Waals surface area contributed by atoms with E-state index in [1.807, 2.05) is 0 Å². The minimum absolute atomic E-state index is 0.181. The molecular formula is C47H84O4. The van der Waals surface area contributed by atoms with Gasteiger partial charge < -0.3 is 14.6 Å². The van der Waals surface area contributed by atoms with Gasteiger partial charge in [0.15, 0.2) is 0 Å². The number of esters is 1. The van der Waals surface area contributed by atoms with Crippen molar-refractivity contribution in [1.29, 1.82) is 0 Å². The average molecular weight is 713 g/mol. The van der Waals surface area contributed by atoms with E-state index < -0.39 is 6.10 Å². The summed E-state index contributed by atoms with van der Waals surface area (Å²) in [4.78, 5) is 12.2. The highest BCUT2D eigenvalue weighted by molar-refractivity contribution is 5.69. The number of ether oxygens (including phenoxy) is 2. The van der Waals surface area contributed by atoms with Gasteiger partial charge in [-0.15, -0.1) is 0 Å². The van der Waals surface area contributed by atoms with Crippen molar-refractivity contribution in [3.05, 3.63) is 60.8 Å². The lowest BCUT2D eigenvalue weighted by Gasteiger charge is -2.15. The van der Waals surface area contributed by atoms with E-state index in [-0.39, 0.29) is 19.2 Å². The molecule has 4 nitrogen and oxygen atoms in total. The average Bonchev–Trinajstić information content (AvgIpc) is 3.14. The Morgan fingerprint density at radius 2 is 0.824 bits per heavy atom. The van der Waals surface area contributed by atoms with Gasteiger partial charge in [-0.05, 0) is 83.5 Å². The Hall–Kier alpha value is -1.91. The standard InChI is InChI=1S/C47H84O4/c1-3-5-7-9-11-13-15-17-19-21-22-23-24-25-26-27-28-30-32-34-36-38-40-42-47(49)51-46(44-48)45-50-43-41-39-37-35-33-31-29-20-18-16-14-12-10-8-6-4-2/h12,14-15,17-18,20-22,24-25,46,48H,3-11,13,16,19,23,26-45H2,1-2H3/b14-12-,17-15-,20-18-,22-21-,25-24-. The first-order valence-electron chi connectivity index (χ1n) is 21.9. The van der Waals surface area contributed by atoms with Gasteiger partial charge in [-0.25, -0.2) is 0 Å². The number of hydrogen-bond acceptors (Lipinski definition) is 4. The van der Waals surface area contributed by atoms with E-state index in [0.717, 1.165) is 44.9 Å². The lowest BCUT2D eigenvalue weighted by atomic mass is 10.1. The van der Waals surface area contributed by atoms with Gasteiger partial charge in [-0.3, -0.25) is 4.79 Å². The summed E-state index contributed by atoms with van der Waals surface area (Å²) in [6, 6.07) is 0. The number of unbranched alkanes of at least 4 members (excludes halogenated alkanes) is 22. The maximum absolute atomic E-state index is 12.2. The van der Waals surface area contributed by atoms with Crippen molar-refractivity contribution in [3.63, 3.8) is 0 Å². The second-order valence-corrected chi connectivity index (χ2v) is 14.4. The SMILES string of the molecule is CCCCC/C=C\C/C=C\CCCCCCCCOCC(CO)OC(=O)CCCCCCCCCC/C=C\C/C=C\C/C=C\CCCCCCC. The molecule has 0 heterocycles. The first kappa shape index (κ1) is 49.1. The highest BCUT2D eigenvalue weighted by Gasteiger charge is 2.13. The zero-order valence-electron chi connectivity index (χ0n) is 33.9. The van der Waals surface area contributed by atoms with E-state index in [1.54, 1.807) is 0 Å². The monoisotopic (exact) mass is 713 g/mol. The maximum Gasteiger partial charge on any atom is 0.306 e. The van der Waals surface area contributed by atoms with Gasteiger partial charge in [-0.2, -0.15) is 0 Å². The molecule has 0 bridgehead atoms. The Bertz CT molecular complexity index is 839. The molecule has 0 aromatic rings. The molecule has 0 spiro atoms. The zero-order valence-corrected chi connectivity index (χ0v) is 33.9. The number of carbonyl (C=O) groups is 1. The molecule has 1 atom stereocenters. The fraction of sp³-hybridized carbons (Fsp3) is 0.766. The number of carbonyl (C=O) groups excluding carboxylic acids is 1. The van der Waals surface area contributed by atoms with E-state index in [4.69, 9.17) is 9.47 Å². The van der Waals surface area contributed by atoms with Gasteiger partial charge in [0.05, 0.1) is 13.2 Å². The second kappa shape index (κ2) is 44.3. The van der Waals surface area contributed by atoms with Crippen LogP contribution in [0, 0.1) is 0 Å². The summed E-state index contributed by atoms with van der Waals surface area (Å²) in [5.74, 6) is -0.213. The van der Waals surface area contributed by atoms with E-state index in [2.05, 4.69) is 74.6 Å². The molecule has 1 N–H and O–H groups in total. The summed E-state index contributed by atoms with van der Waals surface area (Å²) < 4.78 is 11.1. The smallest absolute Gasteiger partial charge is 0.306 e. The van der Waals surface area contributed by atoms with Crippen LogP contribution < -0.4 is 0 Å². The molecule has 0 aromatic carbocycles. The van der Waals surface area contributed by atoms with Crippen LogP contribution in [0.5, 0.6) is 0 Å².